The van der Waals surface area contributed by atoms with Gasteiger partial charge in [0.15, 0.2) is 0 Å². The second-order valence-corrected chi connectivity index (χ2v) is 7.54. The lowest BCUT2D eigenvalue weighted by Gasteiger charge is -2.03. The molecule has 0 saturated carbocycles. The van der Waals surface area contributed by atoms with Crippen molar-refractivity contribution >= 4 is 11.9 Å². The number of benzene rings is 3. The molecular formula is C24H16N6O5. The van der Waals surface area contributed by atoms with E-state index in [0.717, 1.165) is 11.1 Å². The fourth-order valence-corrected chi connectivity index (χ4v) is 3.48. The number of hydrogen-bond acceptors (Lipinski definition) is 7. The Hall–Kier alpha value is -5.32. The van der Waals surface area contributed by atoms with Crippen LogP contribution in [0, 0.1) is 0 Å². The van der Waals surface area contributed by atoms with E-state index in [4.69, 9.17) is 10.2 Å². The van der Waals surface area contributed by atoms with E-state index in [2.05, 4.69) is 20.6 Å². The molecule has 11 nitrogen and oxygen atoms in total. The van der Waals surface area contributed by atoms with Gasteiger partial charge in [-0.05, 0) is 42.5 Å². The van der Waals surface area contributed by atoms with Crippen LogP contribution in [0.4, 0.5) is 0 Å². The first-order chi connectivity index (χ1) is 16.9. The highest BCUT2D eigenvalue weighted by Crippen LogP contribution is 2.26. The Balaban J connectivity index is 1.41. The SMILES string of the molecule is O=C(O)c1ccc(-n2cc(-c3cccc(-c4cn(-c5ccc(C(=O)O)c(O)c5)nn4)c3)nn2)cc1. The van der Waals surface area contributed by atoms with Gasteiger partial charge in [0.1, 0.15) is 22.7 Å². The third-order valence-electron chi connectivity index (χ3n) is 5.30. The monoisotopic (exact) mass is 468 g/mol. The molecule has 0 atom stereocenters. The van der Waals surface area contributed by atoms with E-state index in [1.165, 1.54) is 35.0 Å². The number of phenols is 1. The zero-order valence-electron chi connectivity index (χ0n) is 17.8. The molecule has 2 heterocycles. The molecule has 0 amide bonds. The van der Waals surface area contributed by atoms with Crippen LogP contribution in [0.1, 0.15) is 20.7 Å². The van der Waals surface area contributed by atoms with Gasteiger partial charge in [0.05, 0.1) is 29.3 Å². The largest absolute Gasteiger partial charge is 0.507 e. The van der Waals surface area contributed by atoms with Gasteiger partial charge in [0.25, 0.3) is 0 Å². The van der Waals surface area contributed by atoms with Gasteiger partial charge < -0.3 is 15.3 Å². The number of nitrogens with zero attached hydrogens (tertiary/aromatic N) is 6. The van der Waals surface area contributed by atoms with Gasteiger partial charge in [0.2, 0.25) is 0 Å². The number of carboxylic acids is 2. The van der Waals surface area contributed by atoms with Crippen LogP contribution in [0.15, 0.2) is 79.1 Å². The summed E-state index contributed by atoms with van der Waals surface area (Å²) in [6, 6.07) is 17.9. The Labute approximate surface area is 197 Å². The molecule has 0 aliphatic rings. The van der Waals surface area contributed by atoms with Crippen molar-refractivity contribution in [2.45, 2.75) is 0 Å². The van der Waals surface area contributed by atoms with Gasteiger partial charge in [-0.25, -0.2) is 19.0 Å². The first-order valence-corrected chi connectivity index (χ1v) is 10.2. The first kappa shape index (κ1) is 21.5. The maximum Gasteiger partial charge on any atom is 0.339 e. The lowest BCUT2D eigenvalue weighted by Crippen LogP contribution is -1.99. The molecule has 0 radical (unpaired) electrons. The zero-order valence-corrected chi connectivity index (χ0v) is 17.8. The molecule has 3 N–H and O–H groups in total. The minimum absolute atomic E-state index is 0.183. The van der Waals surface area contributed by atoms with Crippen molar-refractivity contribution in [1.82, 2.24) is 30.0 Å². The van der Waals surface area contributed by atoms with Crippen LogP contribution < -0.4 is 0 Å². The van der Waals surface area contributed by atoms with E-state index in [9.17, 15) is 14.7 Å². The normalized spacial score (nSPS) is 10.9. The van der Waals surface area contributed by atoms with E-state index in [1.54, 1.807) is 29.2 Å². The van der Waals surface area contributed by atoms with E-state index in [-0.39, 0.29) is 16.9 Å². The molecule has 0 spiro atoms. The van der Waals surface area contributed by atoms with Crippen LogP contribution in [-0.2, 0) is 0 Å². The number of carbonyl (C=O) groups is 2. The van der Waals surface area contributed by atoms with Crippen LogP contribution in [0.3, 0.4) is 0 Å². The average molecular weight is 468 g/mol. The van der Waals surface area contributed by atoms with Gasteiger partial charge in [-0.2, -0.15) is 0 Å². The van der Waals surface area contributed by atoms with Crippen LogP contribution in [-0.4, -0.2) is 57.2 Å². The summed E-state index contributed by atoms with van der Waals surface area (Å²) >= 11 is 0. The summed E-state index contributed by atoms with van der Waals surface area (Å²) in [6.07, 6.45) is 3.40. The van der Waals surface area contributed by atoms with Crippen LogP contribution in [0.25, 0.3) is 33.9 Å². The smallest absolute Gasteiger partial charge is 0.339 e. The molecule has 0 aliphatic carbocycles. The lowest BCUT2D eigenvalue weighted by molar-refractivity contribution is 0.0684. The maximum absolute atomic E-state index is 11.1. The third kappa shape index (κ3) is 4.20. The van der Waals surface area contributed by atoms with Crippen molar-refractivity contribution in [2.24, 2.45) is 0 Å². The second-order valence-electron chi connectivity index (χ2n) is 7.54. The number of carboxylic acid groups (broad SMARTS) is 2. The molecule has 0 fully saturated rings. The van der Waals surface area contributed by atoms with Gasteiger partial charge in [0, 0.05) is 17.2 Å². The van der Waals surface area contributed by atoms with Crippen molar-refractivity contribution in [3.63, 3.8) is 0 Å². The predicted molar refractivity (Wildman–Crippen MR) is 123 cm³/mol. The number of aromatic hydroxyl groups is 1. The summed E-state index contributed by atoms with van der Waals surface area (Å²) in [6.45, 7) is 0. The van der Waals surface area contributed by atoms with E-state index in [0.29, 0.717) is 22.8 Å². The van der Waals surface area contributed by atoms with Crippen LogP contribution in [0.5, 0.6) is 5.75 Å². The van der Waals surface area contributed by atoms with Gasteiger partial charge in [-0.1, -0.05) is 28.6 Å². The average Bonchev–Trinajstić information content (AvgIpc) is 3.55. The summed E-state index contributed by atoms with van der Waals surface area (Å²) in [4.78, 5) is 22.1. The predicted octanol–water partition coefficient (Wildman–Crippen LogP) is 3.28. The number of hydrogen-bond donors (Lipinski definition) is 3. The molecule has 11 heteroatoms. The zero-order chi connectivity index (χ0) is 24.5. The Morgan fingerprint density at radius 2 is 1.26 bits per heavy atom. The summed E-state index contributed by atoms with van der Waals surface area (Å²) in [5, 5.41) is 44.7. The summed E-state index contributed by atoms with van der Waals surface area (Å²) in [7, 11) is 0. The summed E-state index contributed by atoms with van der Waals surface area (Å²) < 4.78 is 2.99. The molecule has 0 saturated heterocycles. The first-order valence-electron chi connectivity index (χ1n) is 10.2. The highest BCUT2D eigenvalue weighted by molar-refractivity contribution is 5.91. The highest BCUT2D eigenvalue weighted by Gasteiger charge is 2.13. The topological polar surface area (TPSA) is 156 Å². The molecule has 2 aromatic heterocycles. The van der Waals surface area contributed by atoms with Gasteiger partial charge >= 0.3 is 11.9 Å². The molecular weight excluding hydrogens is 452 g/mol. The lowest BCUT2D eigenvalue weighted by atomic mass is 10.1. The van der Waals surface area contributed by atoms with Crippen molar-refractivity contribution < 1.29 is 24.9 Å². The Bertz CT molecular complexity index is 1570. The van der Waals surface area contributed by atoms with Crippen molar-refractivity contribution in [3.05, 3.63) is 90.3 Å². The van der Waals surface area contributed by atoms with E-state index < -0.39 is 11.9 Å². The third-order valence-corrected chi connectivity index (χ3v) is 5.30. The Kier molecular flexibility index (Phi) is 5.26. The van der Waals surface area contributed by atoms with Crippen molar-refractivity contribution in [1.29, 1.82) is 0 Å². The second kappa shape index (κ2) is 8.56. The fourth-order valence-electron chi connectivity index (χ4n) is 3.48. The Morgan fingerprint density at radius 3 is 1.80 bits per heavy atom. The summed E-state index contributed by atoms with van der Waals surface area (Å²) in [5.41, 5.74) is 3.83. The molecule has 3 aromatic carbocycles. The van der Waals surface area contributed by atoms with Gasteiger partial charge in [-0.15, -0.1) is 10.2 Å². The molecule has 172 valence electrons. The quantitative estimate of drug-likeness (QED) is 0.340. The minimum atomic E-state index is -1.22. The van der Waals surface area contributed by atoms with Gasteiger partial charge in [-0.3, -0.25) is 0 Å². The van der Waals surface area contributed by atoms with Crippen LogP contribution >= 0.6 is 0 Å². The fraction of sp³-hybridized carbons (Fsp3) is 0. The molecule has 5 rings (SSSR count). The van der Waals surface area contributed by atoms with E-state index in [1.807, 2.05) is 24.3 Å². The summed E-state index contributed by atoms with van der Waals surface area (Å²) in [5.74, 6) is -2.59. The molecule has 0 unspecified atom stereocenters. The molecule has 0 bridgehead atoms. The molecule has 35 heavy (non-hydrogen) atoms. The highest BCUT2D eigenvalue weighted by atomic mass is 16.4. The molecule has 0 aliphatic heterocycles. The van der Waals surface area contributed by atoms with Crippen molar-refractivity contribution in [3.8, 4) is 39.6 Å². The standard InChI is InChI=1S/C24H16N6O5/c31-22-11-18(8-9-19(22)24(34)35)30-13-21(26-28-30)16-3-1-2-15(10-16)20-12-29(27-25-20)17-6-4-14(5-7-17)23(32)33/h1-13,31H,(H,32,33)(H,34,35). The Morgan fingerprint density at radius 1 is 0.686 bits per heavy atom. The number of aromatic nitrogens is 6. The number of aromatic carboxylic acids is 2. The maximum atomic E-state index is 11.1. The van der Waals surface area contributed by atoms with Crippen molar-refractivity contribution in [2.75, 3.05) is 0 Å². The number of rotatable bonds is 6. The van der Waals surface area contributed by atoms with Crippen LogP contribution in [0.2, 0.25) is 0 Å². The molecule has 5 aromatic rings. The van der Waals surface area contributed by atoms with E-state index >= 15 is 0 Å². The minimum Gasteiger partial charge on any atom is -0.507 e.